The number of rotatable bonds is 7. The van der Waals surface area contributed by atoms with Crippen LogP contribution in [0, 0.1) is 10.1 Å². The van der Waals surface area contributed by atoms with Gasteiger partial charge < -0.3 is 9.84 Å². The molecule has 3 aromatic carbocycles. The average Bonchev–Trinajstić information content (AvgIpc) is 3.30. The van der Waals surface area contributed by atoms with Crippen molar-refractivity contribution in [2.24, 2.45) is 0 Å². The van der Waals surface area contributed by atoms with Crippen molar-refractivity contribution in [1.29, 1.82) is 0 Å². The van der Waals surface area contributed by atoms with Gasteiger partial charge in [-0.05, 0) is 23.8 Å². The summed E-state index contributed by atoms with van der Waals surface area (Å²) in [6.07, 6.45) is 0.388. The fourth-order valence-corrected chi connectivity index (χ4v) is 3.36. The Kier molecular flexibility index (Phi) is 6.23. The van der Waals surface area contributed by atoms with E-state index in [1.807, 2.05) is 30.3 Å². The highest BCUT2D eigenvalue weighted by molar-refractivity contribution is 6.30. The molecule has 4 rings (SSSR count). The first-order valence-corrected chi connectivity index (χ1v) is 10.1. The zero-order valence-corrected chi connectivity index (χ0v) is 17.4. The van der Waals surface area contributed by atoms with Crippen molar-refractivity contribution < 1.29 is 14.2 Å². The fourth-order valence-electron chi connectivity index (χ4n) is 3.17. The predicted molar refractivity (Wildman–Crippen MR) is 118 cm³/mol. The number of halogens is 1. The van der Waals surface area contributed by atoms with Gasteiger partial charge in [-0.2, -0.15) is 4.98 Å². The van der Waals surface area contributed by atoms with Crippen molar-refractivity contribution in [2.45, 2.75) is 12.5 Å². The van der Waals surface area contributed by atoms with E-state index >= 15 is 0 Å². The molecule has 0 aliphatic carbocycles. The predicted octanol–water partition coefficient (Wildman–Crippen LogP) is 5.01. The van der Waals surface area contributed by atoms with Gasteiger partial charge in [-0.15, -0.1) is 0 Å². The quantitative estimate of drug-likeness (QED) is 0.314. The Morgan fingerprint density at radius 1 is 1.06 bits per heavy atom. The van der Waals surface area contributed by atoms with E-state index in [2.05, 4.69) is 15.5 Å². The number of nitrogens with one attached hydrogen (secondary N) is 1. The molecule has 160 valence electrons. The Hall–Kier alpha value is -4.04. The van der Waals surface area contributed by atoms with E-state index in [9.17, 15) is 14.9 Å². The van der Waals surface area contributed by atoms with Gasteiger partial charge in [0, 0.05) is 34.7 Å². The maximum Gasteiger partial charge on any atom is 0.270 e. The van der Waals surface area contributed by atoms with Crippen molar-refractivity contribution in [3.63, 3.8) is 0 Å². The zero-order valence-electron chi connectivity index (χ0n) is 16.6. The Morgan fingerprint density at radius 2 is 1.84 bits per heavy atom. The number of carbonyl (C=O) groups excluding carboxylic acids is 1. The second kappa shape index (κ2) is 9.40. The Balaban J connectivity index is 1.63. The monoisotopic (exact) mass is 448 g/mol. The van der Waals surface area contributed by atoms with Crippen molar-refractivity contribution in [3.05, 3.63) is 111 Å². The van der Waals surface area contributed by atoms with Gasteiger partial charge in [0.25, 0.3) is 11.6 Å². The number of aromatic nitrogens is 2. The summed E-state index contributed by atoms with van der Waals surface area (Å²) < 4.78 is 5.46. The Morgan fingerprint density at radius 3 is 2.59 bits per heavy atom. The standard InChI is InChI=1S/C23H17ClN4O4/c24-18-10-4-8-16(13-18)21-26-23(32-27-21)20(12-15-6-2-1-3-7-15)25-22(29)17-9-5-11-19(14-17)28(30)31/h1-11,13-14,20H,12H2,(H,25,29)/t20-/m1/s1. The molecule has 0 bridgehead atoms. The highest BCUT2D eigenvalue weighted by Crippen LogP contribution is 2.24. The number of non-ortho nitro benzene ring substituents is 1. The van der Waals surface area contributed by atoms with Crippen molar-refractivity contribution in [1.82, 2.24) is 15.5 Å². The number of hydrogen-bond donors (Lipinski definition) is 1. The molecule has 1 atom stereocenters. The first-order valence-electron chi connectivity index (χ1n) is 9.68. The summed E-state index contributed by atoms with van der Waals surface area (Å²) in [5, 5.41) is 18.5. The highest BCUT2D eigenvalue weighted by Gasteiger charge is 2.24. The normalized spacial score (nSPS) is 11.7. The number of nitrogens with zero attached hydrogens (tertiary/aromatic N) is 3. The Labute approximate surface area is 188 Å². The van der Waals surface area contributed by atoms with Gasteiger partial charge in [-0.1, -0.05) is 65.3 Å². The molecule has 32 heavy (non-hydrogen) atoms. The van der Waals surface area contributed by atoms with Crippen molar-refractivity contribution >= 4 is 23.2 Å². The maximum atomic E-state index is 12.9. The summed E-state index contributed by atoms with van der Waals surface area (Å²) >= 11 is 6.05. The molecule has 1 heterocycles. The number of hydrogen-bond acceptors (Lipinski definition) is 6. The average molecular weight is 449 g/mol. The van der Waals surface area contributed by atoms with Gasteiger partial charge in [-0.25, -0.2) is 0 Å². The molecule has 1 amide bonds. The molecule has 0 aliphatic heterocycles. The van der Waals surface area contributed by atoms with E-state index in [1.165, 1.54) is 24.3 Å². The molecule has 0 aliphatic rings. The van der Waals surface area contributed by atoms with E-state index < -0.39 is 16.9 Å². The van der Waals surface area contributed by atoms with Crippen LogP contribution in [0.15, 0.2) is 83.4 Å². The summed E-state index contributed by atoms with van der Waals surface area (Å²) in [4.78, 5) is 27.8. The largest absolute Gasteiger partial charge is 0.340 e. The van der Waals surface area contributed by atoms with E-state index in [1.54, 1.807) is 24.3 Å². The molecule has 1 aromatic heterocycles. The van der Waals surface area contributed by atoms with E-state index in [-0.39, 0.29) is 17.1 Å². The van der Waals surface area contributed by atoms with Crippen LogP contribution in [0.3, 0.4) is 0 Å². The van der Waals surface area contributed by atoms with E-state index in [0.717, 1.165) is 5.56 Å². The fraction of sp³-hybridized carbons (Fsp3) is 0.0870. The van der Waals surface area contributed by atoms with Crippen LogP contribution in [0.5, 0.6) is 0 Å². The number of nitro benzene ring substituents is 1. The highest BCUT2D eigenvalue weighted by atomic mass is 35.5. The topological polar surface area (TPSA) is 111 Å². The first-order chi connectivity index (χ1) is 15.5. The number of carbonyl (C=O) groups is 1. The molecule has 0 unspecified atom stereocenters. The molecule has 8 nitrogen and oxygen atoms in total. The van der Waals surface area contributed by atoms with Gasteiger partial charge in [0.1, 0.15) is 6.04 Å². The lowest BCUT2D eigenvalue weighted by atomic mass is 10.0. The van der Waals surface area contributed by atoms with Crippen LogP contribution in [0.25, 0.3) is 11.4 Å². The summed E-state index contributed by atoms with van der Waals surface area (Å²) in [7, 11) is 0. The number of nitro groups is 1. The minimum Gasteiger partial charge on any atom is -0.340 e. The molecule has 1 N–H and O–H groups in total. The molecule has 0 saturated heterocycles. The van der Waals surface area contributed by atoms with Gasteiger partial charge >= 0.3 is 0 Å². The lowest BCUT2D eigenvalue weighted by Crippen LogP contribution is -2.30. The van der Waals surface area contributed by atoms with Crippen LogP contribution < -0.4 is 5.32 Å². The van der Waals surface area contributed by atoms with Crippen molar-refractivity contribution in [3.8, 4) is 11.4 Å². The third-order valence-corrected chi connectivity index (χ3v) is 4.96. The second-order valence-corrected chi connectivity index (χ2v) is 7.43. The molecule has 0 saturated carbocycles. The third kappa shape index (κ3) is 4.98. The van der Waals surface area contributed by atoms with Crippen molar-refractivity contribution in [2.75, 3.05) is 0 Å². The molecular weight excluding hydrogens is 432 g/mol. The summed E-state index contributed by atoms with van der Waals surface area (Å²) in [5.41, 5.74) is 1.61. The van der Waals surface area contributed by atoms with Gasteiger partial charge in [0.2, 0.25) is 11.7 Å². The molecule has 0 fully saturated rings. The van der Waals surface area contributed by atoms with Crippen LogP contribution in [-0.4, -0.2) is 21.0 Å². The first kappa shape index (κ1) is 21.2. The maximum absolute atomic E-state index is 12.9. The van der Waals surface area contributed by atoms with E-state index in [4.69, 9.17) is 16.1 Å². The van der Waals surface area contributed by atoms with Gasteiger partial charge in [-0.3, -0.25) is 14.9 Å². The third-order valence-electron chi connectivity index (χ3n) is 4.73. The SMILES string of the molecule is O=C(N[C@H](Cc1ccccc1)c1nc(-c2cccc(Cl)c2)no1)c1cccc([N+](=O)[O-])c1. The van der Waals surface area contributed by atoms with Crippen LogP contribution in [0.1, 0.15) is 27.9 Å². The summed E-state index contributed by atoms with van der Waals surface area (Å²) in [6, 6.07) is 21.4. The molecule has 0 spiro atoms. The lowest BCUT2D eigenvalue weighted by Gasteiger charge is -2.15. The summed E-state index contributed by atoms with van der Waals surface area (Å²) in [6.45, 7) is 0. The lowest BCUT2D eigenvalue weighted by molar-refractivity contribution is -0.384. The Bertz CT molecular complexity index is 1260. The van der Waals surface area contributed by atoms with Crippen LogP contribution in [-0.2, 0) is 6.42 Å². The minimum absolute atomic E-state index is 0.159. The molecule has 0 radical (unpaired) electrons. The smallest absolute Gasteiger partial charge is 0.270 e. The van der Waals surface area contributed by atoms with Crippen LogP contribution in [0.2, 0.25) is 5.02 Å². The zero-order chi connectivity index (χ0) is 22.5. The molecule has 4 aromatic rings. The summed E-state index contributed by atoms with van der Waals surface area (Å²) in [5.74, 6) is 0.0601. The molecule has 9 heteroatoms. The second-order valence-electron chi connectivity index (χ2n) is 6.99. The van der Waals surface area contributed by atoms with Crippen LogP contribution >= 0.6 is 11.6 Å². The van der Waals surface area contributed by atoms with Gasteiger partial charge in [0.15, 0.2) is 0 Å². The number of amides is 1. The van der Waals surface area contributed by atoms with Crippen LogP contribution in [0.4, 0.5) is 5.69 Å². The van der Waals surface area contributed by atoms with Gasteiger partial charge in [0.05, 0.1) is 4.92 Å². The van der Waals surface area contributed by atoms with E-state index in [0.29, 0.717) is 22.8 Å². The minimum atomic E-state index is -0.649. The number of benzene rings is 3. The molecular formula is C23H17ClN4O4.